The van der Waals surface area contributed by atoms with Gasteiger partial charge in [-0.1, -0.05) is 19.8 Å². The third-order valence-electron chi connectivity index (χ3n) is 4.84. The van der Waals surface area contributed by atoms with Crippen LogP contribution in [0.25, 0.3) is 0 Å². The molecule has 2 unspecified atom stereocenters. The molecule has 1 heterocycles. The van der Waals surface area contributed by atoms with Crippen molar-refractivity contribution < 1.29 is 24.2 Å². The van der Waals surface area contributed by atoms with E-state index in [1.54, 1.807) is 4.90 Å². The summed E-state index contributed by atoms with van der Waals surface area (Å²) in [6, 6.07) is 0. The molecule has 22 heavy (non-hydrogen) atoms. The van der Waals surface area contributed by atoms with Gasteiger partial charge in [0, 0.05) is 20.2 Å². The molecule has 0 aromatic heterocycles. The van der Waals surface area contributed by atoms with Crippen LogP contribution in [0.1, 0.15) is 45.4 Å². The number of ether oxygens (including phenoxy) is 2. The molecule has 1 amide bonds. The summed E-state index contributed by atoms with van der Waals surface area (Å²) in [7, 11) is 1.49. The highest BCUT2D eigenvalue weighted by molar-refractivity contribution is 5.83. The smallest absolute Gasteiger partial charge is 0.313 e. The van der Waals surface area contributed by atoms with Crippen LogP contribution in [0, 0.1) is 5.41 Å². The summed E-state index contributed by atoms with van der Waals surface area (Å²) >= 11 is 0. The van der Waals surface area contributed by atoms with Crippen LogP contribution in [0.15, 0.2) is 0 Å². The minimum atomic E-state index is -0.976. The summed E-state index contributed by atoms with van der Waals surface area (Å²) in [6.45, 7) is 2.73. The van der Waals surface area contributed by atoms with Gasteiger partial charge in [-0.15, -0.1) is 0 Å². The highest BCUT2D eigenvalue weighted by Gasteiger charge is 2.47. The number of methoxy groups -OCH3 is 1. The van der Waals surface area contributed by atoms with E-state index >= 15 is 0 Å². The van der Waals surface area contributed by atoms with Gasteiger partial charge in [0.1, 0.15) is 11.5 Å². The number of rotatable bonds is 7. The zero-order valence-electron chi connectivity index (χ0n) is 13.5. The molecule has 6 nitrogen and oxygen atoms in total. The zero-order valence-corrected chi connectivity index (χ0v) is 13.5. The maximum absolute atomic E-state index is 12.6. The van der Waals surface area contributed by atoms with Gasteiger partial charge in [-0.25, -0.2) is 0 Å². The van der Waals surface area contributed by atoms with Gasteiger partial charge < -0.3 is 19.5 Å². The van der Waals surface area contributed by atoms with Crippen LogP contribution in [-0.2, 0) is 19.1 Å². The van der Waals surface area contributed by atoms with Crippen molar-refractivity contribution in [3.05, 3.63) is 0 Å². The Labute approximate surface area is 131 Å². The summed E-state index contributed by atoms with van der Waals surface area (Å²) in [6.07, 6.45) is 5.15. The molecule has 6 heteroatoms. The minimum Gasteiger partial charge on any atom is -0.481 e. The summed E-state index contributed by atoms with van der Waals surface area (Å²) in [5, 5.41) is 9.47. The van der Waals surface area contributed by atoms with Gasteiger partial charge in [-0.2, -0.15) is 0 Å². The molecule has 126 valence electrons. The monoisotopic (exact) mass is 313 g/mol. The lowest BCUT2D eigenvalue weighted by molar-refractivity contribution is -0.153. The maximum Gasteiger partial charge on any atom is 0.313 e. The van der Waals surface area contributed by atoms with E-state index in [1.807, 2.05) is 6.92 Å². The molecule has 0 aromatic rings. The molecule has 0 spiro atoms. The Kier molecular flexibility index (Phi) is 5.81. The normalized spacial score (nSPS) is 27.3. The summed E-state index contributed by atoms with van der Waals surface area (Å²) in [5.74, 6) is -0.969. The predicted molar refractivity (Wildman–Crippen MR) is 80.6 cm³/mol. The van der Waals surface area contributed by atoms with Gasteiger partial charge in [0.05, 0.1) is 12.7 Å². The second-order valence-corrected chi connectivity index (χ2v) is 6.47. The van der Waals surface area contributed by atoms with Crippen LogP contribution >= 0.6 is 0 Å². The fraction of sp³-hybridized carbons (Fsp3) is 0.875. The van der Waals surface area contributed by atoms with Crippen molar-refractivity contribution in [3.8, 4) is 0 Å². The van der Waals surface area contributed by atoms with E-state index in [0.717, 1.165) is 25.7 Å². The van der Waals surface area contributed by atoms with Gasteiger partial charge >= 0.3 is 5.97 Å². The van der Waals surface area contributed by atoms with E-state index in [1.165, 1.54) is 7.11 Å². The molecule has 0 radical (unpaired) electrons. The SMILES string of the molecule is CCC(OC1CCCC1)C(=O)N1CCC(COC)(C(=O)O)C1. The molecular weight excluding hydrogens is 286 g/mol. The van der Waals surface area contributed by atoms with E-state index in [2.05, 4.69) is 0 Å². The third-order valence-corrected chi connectivity index (χ3v) is 4.84. The summed E-state index contributed by atoms with van der Waals surface area (Å²) < 4.78 is 11.0. The van der Waals surface area contributed by atoms with Crippen molar-refractivity contribution in [3.63, 3.8) is 0 Å². The first kappa shape index (κ1) is 17.2. The third kappa shape index (κ3) is 3.60. The molecule has 2 rings (SSSR count). The van der Waals surface area contributed by atoms with Crippen LogP contribution in [0.4, 0.5) is 0 Å². The molecule has 0 bridgehead atoms. The molecule has 1 aliphatic carbocycles. The first-order chi connectivity index (χ1) is 10.5. The van der Waals surface area contributed by atoms with Gasteiger partial charge in [-0.05, 0) is 25.7 Å². The van der Waals surface area contributed by atoms with Crippen molar-refractivity contribution in [2.75, 3.05) is 26.8 Å². The summed E-state index contributed by atoms with van der Waals surface area (Å²) in [5.41, 5.74) is -0.976. The fourth-order valence-electron chi connectivity index (χ4n) is 3.48. The Morgan fingerprint density at radius 3 is 2.59 bits per heavy atom. The zero-order chi connectivity index (χ0) is 16.2. The number of nitrogens with zero attached hydrogens (tertiary/aromatic N) is 1. The lowest BCUT2D eigenvalue weighted by atomic mass is 9.88. The fourth-order valence-corrected chi connectivity index (χ4v) is 3.48. The van der Waals surface area contributed by atoms with Crippen LogP contribution < -0.4 is 0 Å². The predicted octanol–water partition coefficient (Wildman–Crippen LogP) is 1.67. The van der Waals surface area contributed by atoms with Crippen molar-refractivity contribution in [2.24, 2.45) is 5.41 Å². The topological polar surface area (TPSA) is 76.1 Å². The average molecular weight is 313 g/mol. The molecule has 0 aromatic carbocycles. The number of carbonyl (C=O) groups is 2. The van der Waals surface area contributed by atoms with E-state index in [-0.39, 0.29) is 25.2 Å². The van der Waals surface area contributed by atoms with Gasteiger partial charge in [0.25, 0.3) is 5.91 Å². The maximum atomic E-state index is 12.6. The van der Waals surface area contributed by atoms with Crippen LogP contribution in [0.2, 0.25) is 0 Å². The number of aliphatic carboxylic acids is 1. The number of likely N-dealkylation sites (tertiary alicyclic amines) is 1. The van der Waals surface area contributed by atoms with E-state index in [9.17, 15) is 14.7 Å². The van der Waals surface area contributed by atoms with Crippen LogP contribution in [0.5, 0.6) is 0 Å². The van der Waals surface area contributed by atoms with Gasteiger partial charge in [0.2, 0.25) is 0 Å². The molecule has 1 aliphatic heterocycles. The number of carboxylic acid groups (broad SMARTS) is 1. The molecule has 1 N–H and O–H groups in total. The molecule has 2 aliphatic rings. The Morgan fingerprint density at radius 2 is 2.05 bits per heavy atom. The van der Waals surface area contributed by atoms with Crippen molar-refractivity contribution >= 4 is 11.9 Å². The standard InChI is InChI=1S/C16H27NO5/c1-3-13(22-12-6-4-5-7-12)14(18)17-9-8-16(10-17,11-21-2)15(19)20/h12-13H,3-11H2,1-2H3,(H,19,20). The molecular formula is C16H27NO5. The molecule has 2 fully saturated rings. The number of hydrogen-bond acceptors (Lipinski definition) is 4. The lowest BCUT2D eigenvalue weighted by Crippen LogP contribution is -2.44. The van der Waals surface area contributed by atoms with Crippen molar-refractivity contribution in [1.82, 2.24) is 4.90 Å². The van der Waals surface area contributed by atoms with Crippen molar-refractivity contribution in [1.29, 1.82) is 0 Å². The Hall–Kier alpha value is -1.14. The second-order valence-electron chi connectivity index (χ2n) is 6.47. The first-order valence-corrected chi connectivity index (χ1v) is 8.19. The quantitative estimate of drug-likeness (QED) is 0.774. The number of carbonyl (C=O) groups excluding carboxylic acids is 1. The molecule has 1 saturated heterocycles. The molecule has 1 saturated carbocycles. The van der Waals surface area contributed by atoms with Gasteiger partial charge in [-0.3, -0.25) is 9.59 Å². The van der Waals surface area contributed by atoms with Gasteiger partial charge in [0.15, 0.2) is 0 Å². The van der Waals surface area contributed by atoms with Crippen LogP contribution in [0.3, 0.4) is 0 Å². The first-order valence-electron chi connectivity index (χ1n) is 8.19. The number of hydrogen-bond donors (Lipinski definition) is 1. The highest BCUT2D eigenvalue weighted by Crippen LogP contribution is 2.32. The Morgan fingerprint density at radius 1 is 1.36 bits per heavy atom. The average Bonchev–Trinajstić information content (AvgIpc) is 3.14. The summed E-state index contributed by atoms with van der Waals surface area (Å²) in [4.78, 5) is 25.8. The lowest BCUT2D eigenvalue weighted by Gasteiger charge is -2.27. The minimum absolute atomic E-state index is 0.0753. The van der Waals surface area contributed by atoms with E-state index < -0.39 is 17.5 Å². The van der Waals surface area contributed by atoms with E-state index in [0.29, 0.717) is 19.4 Å². The molecule has 2 atom stereocenters. The Bertz CT molecular complexity index is 407. The number of amides is 1. The van der Waals surface area contributed by atoms with Crippen LogP contribution in [-0.4, -0.2) is 60.9 Å². The largest absolute Gasteiger partial charge is 0.481 e. The second kappa shape index (κ2) is 7.42. The highest BCUT2D eigenvalue weighted by atomic mass is 16.5. The van der Waals surface area contributed by atoms with Crippen molar-refractivity contribution in [2.45, 2.75) is 57.7 Å². The number of carboxylic acids is 1. The van der Waals surface area contributed by atoms with E-state index in [4.69, 9.17) is 9.47 Å². The Balaban J connectivity index is 1.97.